The predicted octanol–water partition coefficient (Wildman–Crippen LogP) is 3.34. The molecule has 0 saturated heterocycles. The Balaban J connectivity index is 1.50. The zero-order valence-electron chi connectivity index (χ0n) is 15.6. The third-order valence-electron chi connectivity index (χ3n) is 3.99. The molecule has 1 aromatic heterocycles. The molecule has 3 N–H and O–H groups in total. The van der Waals surface area contributed by atoms with Crippen molar-refractivity contribution >= 4 is 28.4 Å². The summed E-state index contributed by atoms with van der Waals surface area (Å²) in [5.41, 5.74) is 3.08. The molecular formula is C20H21N5O2S. The third kappa shape index (κ3) is 5.37. The Morgan fingerprint density at radius 3 is 2.46 bits per heavy atom. The fourth-order valence-electron chi connectivity index (χ4n) is 2.39. The van der Waals surface area contributed by atoms with Gasteiger partial charge in [0.25, 0.3) is 0 Å². The Morgan fingerprint density at radius 1 is 1.04 bits per heavy atom. The highest BCUT2D eigenvalue weighted by molar-refractivity contribution is 7.18. The molecular weight excluding hydrogens is 374 g/mol. The number of benzene rings is 2. The van der Waals surface area contributed by atoms with Gasteiger partial charge in [0.05, 0.1) is 0 Å². The molecule has 2 aromatic carbocycles. The first-order valence-electron chi connectivity index (χ1n) is 8.81. The van der Waals surface area contributed by atoms with Crippen LogP contribution in [0.25, 0.3) is 10.6 Å². The van der Waals surface area contributed by atoms with Crippen molar-refractivity contribution in [3.05, 3.63) is 65.7 Å². The zero-order valence-corrected chi connectivity index (χ0v) is 16.4. The normalized spacial score (nSPS) is 11.5. The third-order valence-corrected chi connectivity index (χ3v) is 4.88. The van der Waals surface area contributed by atoms with Gasteiger partial charge in [0.2, 0.25) is 11.0 Å². The number of hydrogen-bond acceptors (Lipinski definition) is 5. The average molecular weight is 395 g/mol. The lowest BCUT2D eigenvalue weighted by molar-refractivity contribution is -0.117. The Hall–Kier alpha value is -3.26. The lowest BCUT2D eigenvalue weighted by Crippen LogP contribution is -2.46. The van der Waals surface area contributed by atoms with Crippen LogP contribution in [0.3, 0.4) is 0 Å². The van der Waals surface area contributed by atoms with E-state index in [1.807, 2.05) is 61.5 Å². The summed E-state index contributed by atoms with van der Waals surface area (Å²) in [5, 5.41) is 17.2. The second-order valence-electron chi connectivity index (χ2n) is 6.30. The summed E-state index contributed by atoms with van der Waals surface area (Å²) < 4.78 is 0. The molecule has 28 heavy (non-hydrogen) atoms. The number of aromatic nitrogens is 2. The van der Waals surface area contributed by atoms with Crippen molar-refractivity contribution in [1.29, 1.82) is 0 Å². The number of aryl methyl sites for hydroxylation is 1. The first kappa shape index (κ1) is 19.5. The van der Waals surface area contributed by atoms with Crippen LogP contribution in [0.5, 0.6) is 0 Å². The number of rotatable bonds is 6. The minimum absolute atomic E-state index is 0.360. The van der Waals surface area contributed by atoms with Crippen LogP contribution in [0.4, 0.5) is 9.93 Å². The van der Waals surface area contributed by atoms with E-state index < -0.39 is 12.1 Å². The Kier molecular flexibility index (Phi) is 6.33. The van der Waals surface area contributed by atoms with Crippen molar-refractivity contribution in [2.75, 3.05) is 5.32 Å². The highest BCUT2D eigenvalue weighted by atomic mass is 32.1. The summed E-state index contributed by atoms with van der Waals surface area (Å²) in [5.74, 6) is -0.360. The molecule has 3 aromatic rings. The summed E-state index contributed by atoms with van der Waals surface area (Å²) in [6.45, 7) is 4.01. The van der Waals surface area contributed by atoms with E-state index in [2.05, 4.69) is 26.1 Å². The molecule has 0 aliphatic carbocycles. The van der Waals surface area contributed by atoms with E-state index in [9.17, 15) is 9.59 Å². The molecule has 0 aliphatic heterocycles. The molecule has 0 aliphatic rings. The van der Waals surface area contributed by atoms with Crippen LogP contribution < -0.4 is 16.0 Å². The molecule has 0 radical (unpaired) electrons. The lowest BCUT2D eigenvalue weighted by Gasteiger charge is -2.13. The maximum absolute atomic E-state index is 12.3. The molecule has 144 valence electrons. The van der Waals surface area contributed by atoms with Crippen LogP contribution in [0.2, 0.25) is 0 Å². The molecule has 0 fully saturated rings. The summed E-state index contributed by atoms with van der Waals surface area (Å²) in [6, 6.07) is 16.3. The van der Waals surface area contributed by atoms with E-state index in [1.54, 1.807) is 6.92 Å². The number of carbonyl (C=O) groups is 2. The van der Waals surface area contributed by atoms with E-state index in [0.29, 0.717) is 11.7 Å². The van der Waals surface area contributed by atoms with Crippen molar-refractivity contribution < 1.29 is 9.59 Å². The first-order valence-corrected chi connectivity index (χ1v) is 9.62. The van der Waals surface area contributed by atoms with Gasteiger partial charge < -0.3 is 10.6 Å². The van der Waals surface area contributed by atoms with Gasteiger partial charge in [0.15, 0.2) is 0 Å². The van der Waals surface area contributed by atoms with Crippen molar-refractivity contribution in [2.24, 2.45) is 0 Å². The number of nitrogens with one attached hydrogen (secondary N) is 3. The average Bonchev–Trinajstić information content (AvgIpc) is 3.16. The molecule has 8 heteroatoms. The van der Waals surface area contributed by atoms with Crippen LogP contribution in [-0.2, 0) is 11.3 Å². The van der Waals surface area contributed by atoms with Gasteiger partial charge in [-0.25, -0.2) is 4.79 Å². The fourth-order valence-corrected chi connectivity index (χ4v) is 3.14. The quantitative estimate of drug-likeness (QED) is 0.596. The van der Waals surface area contributed by atoms with Gasteiger partial charge in [-0.15, -0.1) is 10.2 Å². The minimum Gasteiger partial charge on any atom is -0.334 e. The second-order valence-corrected chi connectivity index (χ2v) is 7.28. The maximum Gasteiger partial charge on any atom is 0.315 e. The SMILES string of the molecule is Cc1ccc(-c2nnc(NC(=O)C(C)NC(=O)NCc3ccccc3)s2)cc1. The Labute approximate surface area is 167 Å². The van der Waals surface area contributed by atoms with Crippen molar-refractivity contribution in [3.63, 3.8) is 0 Å². The Morgan fingerprint density at radius 2 is 1.75 bits per heavy atom. The number of anilines is 1. The molecule has 1 heterocycles. The standard InChI is InChI=1S/C20H21N5O2S/c1-13-8-10-16(11-9-13)18-24-25-20(28-18)23-17(26)14(2)22-19(27)21-12-15-6-4-3-5-7-15/h3-11,14H,12H2,1-2H3,(H2,21,22,27)(H,23,25,26). The predicted molar refractivity (Wildman–Crippen MR) is 110 cm³/mol. The molecule has 3 rings (SSSR count). The van der Waals surface area contributed by atoms with Crippen LogP contribution in [0, 0.1) is 6.92 Å². The van der Waals surface area contributed by atoms with Crippen molar-refractivity contribution in [1.82, 2.24) is 20.8 Å². The first-order chi connectivity index (χ1) is 13.5. The molecule has 0 saturated carbocycles. The van der Waals surface area contributed by atoms with E-state index in [-0.39, 0.29) is 5.91 Å². The topological polar surface area (TPSA) is 96.0 Å². The molecule has 0 bridgehead atoms. The Bertz CT molecular complexity index is 941. The van der Waals surface area contributed by atoms with E-state index in [0.717, 1.165) is 21.7 Å². The van der Waals surface area contributed by atoms with Gasteiger partial charge in [0.1, 0.15) is 11.0 Å². The molecule has 3 amide bonds. The summed E-state index contributed by atoms with van der Waals surface area (Å²) in [7, 11) is 0. The van der Waals surface area contributed by atoms with E-state index >= 15 is 0 Å². The summed E-state index contributed by atoms with van der Waals surface area (Å²) in [6.07, 6.45) is 0. The number of nitrogens with zero attached hydrogens (tertiary/aromatic N) is 2. The van der Waals surface area contributed by atoms with Gasteiger partial charge in [-0.2, -0.15) is 0 Å². The number of urea groups is 1. The smallest absolute Gasteiger partial charge is 0.315 e. The number of hydrogen-bond donors (Lipinski definition) is 3. The largest absolute Gasteiger partial charge is 0.334 e. The fraction of sp³-hybridized carbons (Fsp3) is 0.200. The molecule has 7 nitrogen and oxygen atoms in total. The number of amides is 3. The highest BCUT2D eigenvalue weighted by Gasteiger charge is 2.17. The van der Waals surface area contributed by atoms with Crippen LogP contribution >= 0.6 is 11.3 Å². The van der Waals surface area contributed by atoms with Crippen LogP contribution in [0.15, 0.2) is 54.6 Å². The molecule has 1 unspecified atom stereocenters. The van der Waals surface area contributed by atoms with E-state index in [4.69, 9.17) is 0 Å². The maximum atomic E-state index is 12.3. The lowest BCUT2D eigenvalue weighted by atomic mass is 10.2. The summed E-state index contributed by atoms with van der Waals surface area (Å²) in [4.78, 5) is 24.3. The van der Waals surface area contributed by atoms with Gasteiger partial charge in [-0.05, 0) is 19.4 Å². The molecule has 1 atom stereocenters. The van der Waals surface area contributed by atoms with Gasteiger partial charge in [-0.3, -0.25) is 10.1 Å². The van der Waals surface area contributed by atoms with Crippen LogP contribution in [0.1, 0.15) is 18.1 Å². The monoisotopic (exact) mass is 395 g/mol. The van der Waals surface area contributed by atoms with Crippen LogP contribution in [-0.4, -0.2) is 28.2 Å². The number of carbonyl (C=O) groups excluding carboxylic acids is 2. The summed E-state index contributed by atoms with van der Waals surface area (Å²) >= 11 is 1.28. The van der Waals surface area contributed by atoms with Gasteiger partial charge in [-0.1, -0.05) is 71.5 Å². The van der Waals surface area contributed by atoms with Crippen molar-refractivity contribution in [3.8, 4) is 10.6 Å². The van der Waals surface area contributed by atoms with E-state index in [1.165, 1.54) is 11.3 Å². The highest BCUT2D eigenvalue weighted by Crippen LogP contribution is 2.26. The van der Waals surface area contributed by atoms with Gasteiger partial charge in [0, 0.05) is 12.1 Å². The molecule has 0 spiro atoms. The van der Waals surface area contributed by atoms with Gasteiger partial charge >= 0.3 is 6.03 Å². The zero-order chi connectivity index (χ0) is 19.9. The minimum atomic E-state index is -0.720. The second kappa shape index (κ2) is 9.09. The van der Waals surface area contributed by atoms with Crippen molar-refractivity contribution in [2.45, 2.75) is 26.4 Å².